The maximum atomic E-state index is 12.3. The highest BCUT2D eigenvalue weighted by molar-refractivity contribution is 6.27. The molecule has 1 aromatic carbocycles. The van der Waals surface area contributed by atoms with E-state index in [0.717, 1.165) is 9.80 Å². The van der Waals surface area contributed by atoms with Gasteiger partial charge in [-0.1, -0.05) is 0 Å². The van der Waals surface area contributed by atoms with Gasteiger partial charge in [0.1, 0.15) is 0 Å². The fourth-order valence-electron chi connectivity index (χ4n) is 2.25. The number of urea groups is 1. The molecule has 1 saturated heterocycles. The molecule has 0 unspecified atom stereocenters. The van der Waals surface area contributed by atoms with E-state index in [0.29, 0.717) is 11.3 Å². The topological polar surface area (TPSA) is 113 Å². The number of amides is 5. The third kappa shape index (κ3) is 3.49. The molecule has 9 nitrogen and oxygen atoms in total. The molecule has 1 aromatic rings. The Morgan fingerprint density at radius 2 is 1.56 bits per heavy atom. The van der Waals surface area contributed by atoms with Crippen molar-refractivity contribution in [1.29, 1.82) is 0 Å². The molecule has 0 atom stereocenters. The van der Waals surface area contributed by atoms with Crippen molar-refractivity contribution < 1.29 is 28.7 Å². The van der Waals surface area contributed by atoms with Gasteiger partial charge in [-0.25, -0.2) is 9.59 Å². The Hall–Kier alpha value is -3.23. The summed E-state index contributed by atoms with van der Waals surface area (Å²) in [5.41, 5.74) is 0.593. The summed E-state index contributed by atoms with van der Waals surface area (Å²) in [4.78, 5) is 61.1. The molecule has 1 heterocycles. The molecule has 1 aliphatic heterocycles. The number of carbonyl (C=O) groups excluding carboxylic acids is 5. The first-order valence-corrected chi connectivity index (χ1v) is 7.45. The molecule has 1 aliphatic rings. The van der Waals surface area contributed by atoms with Gasteiger partial charge in [0.2, 0.25) is 5.91 Å². The first kappa shape index (κ1) is 18.1. The van der Waals surface area contributed by atoms with Crippen molar-refractivity contribution >= 4 is 35.4 Å². The van der Waals surface area contributed by atoms with Crippen molar-refractivity contribution in [3.8, 4) is 0 Å². The van der Waals surface area contributed by atoms with Crippen molar-refractivity contribution in [2.75, 3.05) is 26.0 Å². The number of ether oxygens (including phenoxy) is 1. The average molecular weight is 347 g/mol. The number of esters is 1. The molecule has 5 amide bonds. The number of carbonyl (C=O) groups is 5. The molecule has 0 bridgehead atoms. The van der Waals surface area contributed by atoms with Crippen LogP contribution in [0.4, 0.5) is 10.5 Å². The molecule has 0 aromatic heterocycles. The second-order valence-corrected chi connectivity index (χ2v) is 5.30. The molecule has 1 fully saturated rings. The molecule has 0 radical (unpaired) electrons. The van der Waals surface area contributed by atoms with E-state index in [-0.39, 0.29) is 6.61 Å². The Morgan fingerprint density at radius 3 is 2.04 bits per heavy atom. The number of anilines is 1. The SMILES string of the molecule is CCOC(=O)c1ccc(NC(=O)C2C(=O)N(C)C(=O)N(C)C2=O)cc1. The van der Waals surface area contributed by atoms with Crippen LogP contribution in [0.3, 0.4) is 0 Å². The largest absolute Gasteiger partial charge is 0.462 e. The lowest BCUT2D eigenvalue weighted by molar-refractivity contribution is -0.151. The third-order valence-electron chi connectivity index (χ3n) is 3.65. The van der Waals surface area contributed by atoms with Gasteiger partial charge in [-0.05, 0) is 31.2 Å². The quantitative estimate of drug-likeness (QED) is 0.626. The Kier molecular flexibility index (Phi) is 5.16. The summed E-state index contributed by atoms with van der Waals surface area (Å²) < 4.78 is 4.85. The maximum absolute atomic E-state index is 12.3. The third-order valence-corrected chi connectivity index (χ3v) is 3.65. The number of rotatable bonds is 4. The summed E-state index contributed by atoms with van der Waals surface area (Å²) in [7, 11) is 2.39. The Balaban J connectivity index is 2.13. The van der Waals surface area contributed by atoms with E-state index >= 15 is 0 Å². The van der Waals surface area contributed by atoms with Crippen molar-refractivity contribution in [3.05, 3.63) is 29.8 Å². The van der Waals surface area contributed by atoms with Crippen LogP contribution < -0.4 is 5.32 Å². The van der Waals surface area contributed by atoms with Gasteiger partial charge in [-0.2, -0.15) is 0 Å². The van der Waals surface area contributed by atoms with Gasteiger partial charge in [-0.3, -0.25) is 24.2 Å². The minimum atomic E-state index is -1.64. The molecule has 25 heavy (non-hydrogen) atoms. The highest BCUT2D eigenvalue weighted by atomic mass is 16.5. The first-order valence-electron chi connectivity index (χ1n) is 7.45. The molecule has 0 aliphatic carbocycles. The summed E-state index contributed by atoms with van der Waals surface area (Å²) in [6.45, 7) is 1.92. The fourth-order valence-corrected chi connectivity index (χ4v) is 2.25. The van der Waals surface area contributed by atoms with E-state index < -0.39 is 35.6 Å². The maximum Gasteiger partial charge on any atom is 0.338 e. The van der Waals surface area contributed by atoms with E-state index in [1.807, 2.05) is 0 Å². The van der Waals surface area contributed by atoms with Crippen molar-refractivity contribution in [2.24, 2.45) is 5.92 Å². The highest BCUT2D eigenvalue weighted by Crippen LogP contribution is 2.18. The predicted octanol–water partition coefficient (Wildman–Crippen LogP) is 0.468. The van der Waals surface area contributed by atoms with Gasteiger partial charge >= 0.3 is 12.0 Å². The van der Waals surface area contributed by atoms with E-state index in [4.69, 9.17) is 4.74 Å². The van der Waals surface area contributed by atoms with E-state index in [1.165, 1.54) is 38.4 Å². The minimum absolute atomic E-state index is 0.239. The second kappa shape index (κ2) is 7.12. The van der Waals surface area contributed by atoms with Crippen LogP contribution in [0.25, 0.3) is 0 Å². The van der Waals surface area contributed by atoms with Gasteiger partial charge < -0.3 is 10.1 Å². The number of barbiturate groups is 1. The van der Waals surface area contributed by atoms with Gasteiger partial charge in [0.15, 0.2) is 5.92 Å². The molecule has 132 valence electrons. The molecular formula is C16H17N3O6. The summed E-state index contributed by atoms with van der Waals surface area (Å²) in [5, 5.41) is 2.43. The number of imide groups is 2. The van der Waals surface area contributed by atoms with Gasteiger partial charge in [0.25, 0.3) is 11.8 Å². The summed E-state index contributed by atoms with van der Waals surface area (Å²) >= 11 is 0. The van der Waals surface area contributed by atoms with Crippen LogP contribution >= 0.6 is 0 Å². The molecule has 1 N–H and O–H groups in total. The van der Waals surface area contributed by atoms with Crippen LogP contribution in [0, 0.1) is 5.92 Å². The van der Waals surface area contributed by atoms with Gasteiger partial charge in [0.05, 0.1) is 12.2 Å². The molecular weight excluding hydrogens is 330 g/mol. The van der Waals surface area contributed by atoms with Crippen LogP contribution in [0.5, 0.6) is 0 Å². The zero-order chi connectivity index (χ0) is 18.7. The lowest BCUT2D eigenvalue weighted by atomic mass is 10.0. The monoisotopic (exact) mass is 347 g/mol. The van der Waals surface area contributed by atoms with Crippen LogP contribution in [-0.4, -0.2) is 60.2 Å². The second-order valence-electron chi connectivity index (χ2n) is 5.30. The van der Waals surface area contributed by atoms with Gasteiger partial charge in [0, 0.05) is 19.8 Å². The molecule has 0 saturated carbocycles. The van der Waals surface area contributed by atoms with Crippen LogP contribution in [0.15, 0.2) is 24.3 Å². The predicted molar refractivity (Wildman–Crippen MR) is 85.5 cm³/mol. The highest BCUT2D eigenvalue weighted by Gasteiger charge is 2.46. The summed E-state index contributed by atoms with van der Waals surface area (Å²) in [6, 6.07) is 4.98. The van der Waals surface area contributed by atoms with E-state index in [1.54, 1.807) is 6.92 Å². The molecule has 0 spiro atoms. The van der Waals surface area contributed by atoms with Crippen molar-refractivity contribution in [2.45, 2.75) is 6.92 Å². The van der Waals surface area contributed by atoms with Crippen LogP contribution in [0.1, 0.15) is 17.3 Å². The van der Waals surface area contributed by atoms with E-state index in [2.05, 4.69) is 5.32 Å². The smallest absolute Gasteiger partial charge is 0.338 e. The van der Waals surface area contributed by atoms with Crippen molar-refractivity contribution in [3.63, 3.8) is 0 Å². The average Bonchev–Trinajstić information content (AvgIpc) is 2.59. The summed E-state index contributed by atoms with van der Waals surface area (Å²) in [5.74, 6) is -4.79. The zero-order valence-corrected chi connectivity index (χ0v) is 13.9. The standard InChI is InChI=1S/C16H17N3O6/c1-4-25-15(23)9-5-7-10(8-6-9)17-12(20)11-13(21)18(2)16(24)19(3)14(11)22/h5-8,11H,4H2,1-3H3,(H,17,20). The minimum Gasteiger partial charge on any atom is -0.462 e. The Bertz CT molecular complexity index is 719. The summed E-state index contributed by atoms with van der Waals surface area (Å²) in [6.07, 6.45) is 0. The van der Waals surface area contributed by atoms with Crippen LogP contribution in [-0.2, 0) is 19.1 Å². The normalized spacial score (nSPS) is 15.4. The zero-order valence-electron chi connectivity index (χ0n) is 13.9. The Labute approximate surface area is 143 Å². The number of benzene rings is 1. The first-order chi connectivity index (χ1) is 11.8. The fraction of sp³-hybridized carbons (Fsp3) is 0.312. The number of nitrogens with zero attached hydrogens (tertiary/aromatic N) is 2. The van der Waals surface area contributed by atoms with Gasteiger partial charge in [-0.15, -0.1) is 0 Å². The lowest BCUT2D eigenvalue weighted by Gasteiger charge is -2.32. The molecule has 2 rings (SSSR count). The number of nitrogens with one attached hydrogen (secondary N) is 1. The number of hydrogen-bond donors (Lipinski definition) is 1. The van der Waals surface area contributed by atoms with Crippen LogP contribution in [0.2, 0.25) is 0 Å². The Morgan fingerprint density at radius 1 is 1.04 bits per heavy atom. The number of hydrogen-bond acceptors (Lipinski definition) is 6. The molecule has 9 heteroatoms. The lowest BCUT2D eigenvalue weighted by Crippen LogP contribution is -2.59. The van der Waals surface area contributed by atoms with E-state index in [9.17, 15) is 24.0 Å². The van der Waals surface area contributed by atoms with Crippen molar-refractivity contribution in [1.82, 2.24) is 9.80 Å².